The Morgan fingerprint density at radius 1 is 0.926 bits per heavy atom. The first-order valence-electron chi connectivity index (χ1n) is 8.05. The molecule has 2 aromatic carbocycles. The van der Waals surface area contributed by atoms with Gasteiger partial charge in [0.25, 0.3) is 5.91 Å². The molecule has 0 unspecified atom stereocenters. The maximum atomic E-state index is 12.4. The normalized spacial score (nSPS) is 10.7. The van der Waals surface area contributed by atoms with Crippen molar-refractivity contribution < 1.29 is 4.79 Å². The molecule has 7 heteroatoms. The largest absolute Gasteiger partial charge is 0.322 e. The molecule has 0 atom stereocenters. The first-order chi connectivity index (χ1) is 13.1. The van der Waals surface area contributed by atoms with Crippen molar-refractivity contribution in [1.82, 2.24) is 15.0 Å². The number of nitrogens with zero attached hydrogens (tertiary/aromatic N) is 3. The van der Waals surface area contributed by atoms with Crippen molar-refractivity contribution in [1.29, 1.82) is 0 Å². The molecule has 0 bridgehead atoms. The van der Waals surface area contributed by atoms with Crippen LogP contribution in [-0.4, -0.2) is 20.9 Å². The summed E-state index contributed by atoms with van der Waals surface area (Å²) >= 11 is 12.3. The number of halogens is 2. The summed E-state index contributed by atoms with van der Waals surface area (Å²) in [5.41, 5.74) is 3.71. The lowest BCUT2D eigenvalue weighted by Gasteiger charge is -2.10. The molecule has 4 aromatic rings. The SMILES string of the molecule is O=C(Nc1ccc(Cl)c(-c2cnc3ccccc3n2)c1)c1cccnc1Cl. The number of aromatic nitrogens is 3. The van der Waals surface area contributed by atoms with Gasteiger partial charge in [0.2, 0.25) is 0 Å². The molecule has 1 N–H and O–H groups in total. The quantitative estimate of drug-likeness (QED) is 0.481. The van der Waals surface area contributed by atoms with E-state index in [9.17, 15) is 4.79 Å². The predicted octanol–water partition coefficient (Wildman–Crippen LogP) is 5.25. The van der Waals surface area contributed by atoms with Crippen LogP contribution in [0.4, 0.5) is 5.69 Å². The zero-order valence-corrected chi connectivity index (χ0v) is 15.4. The number of hydrogen-bond donors (Lipinski definition) is 1. The fourth-order valence-electron chi connectivity index (χ4n) is 2.64. The first-order valence-corrected chi connectivity index (χ1v) is 8.81. The molecule has 4 rings (SSSR count). The van der Waals surface area contributed by atoms with Crippen molar-refractivity contribution in [3.05, 3.63) is 82.7 Å². The van der Waals surface area contributed by atoms with Gasteiger partial charge in [-0.25, -0.2) is 9.97 Å². The van der Waals surface area contributed by atoms with Gasteiger partial charge in [0.1, 0.15) is 5.15 Å². The highest BCUT2D eigenvalue weighted by Crippen LogP contribution is 2.30. The van der Waals surface area contributed by atoms with Gasteiger partial charge >= 0.3 is 0 Å². The number of anilines is 1. The van der Waals surface area contributed by atoms with Gasteiger partial charge in [-0.1, -0.05) is 35.3 Å². The van der Waals surface area contributed by atoms with Crippen molar-refractivity contribution in [2.75, 3.05) is 5.32 Å². The van der Waals surface area contributed by atoms with Crippen LogP contribution < -0.4 is 5.32 Å². The fraction of sp³-hybridized carbons (Fsp3) is 0. The highest BCUT2D eigenvalue weighted by atomic mass is 35.5. The number of benzene rings is 2. The highest BCUT2D eigenvalue weighted by molar-refractivity contribution is 6.34. The zero-order valence-electron chi connectivity index (χ0n) is 13.9. The van der Waals surface area contributed by atoms with Gasteiger partial charge in [-0.2, -0.15) is 0 Å². The summed E-state index contributed by atoms with van der Waals surface area (Å²) < 4.78 is 0. The maximum absolute atomic E-state index is 12.4. The van der Waals surface area contributed by atoms with E-state index in [2.05, 4.69) is 20.3 Å². The topological polar surface area (TPSA) is 67.8 Å². The lowest BCUT2D eigenvalue weighted by Crippen LogP contribution is -2.13. The molecule has 27 heavy (non-hydrogen) atoms. The fourth-order valence-corrected chi connectivity index (χ4v) is 3.06. The van der Waals surface area contributed by atoms with Gasteiger partial charge in [-0.3, -0.25) is 9.78 Å². The summed E-state index contributed by atoms with van der Waals surface area (Å²) in [5.74, 6) is -0.356. The second-order valence-corrected chi connectivity index (χ2v) is 6.50. The Bertz CT molecular complexity index is 1160. The standard InChI is InChI=1S/C20H12Cl2N4O/c21-15-8-7-12(25-20(27)13-4-3-9-23-19(13)22)10-14(15)18-11-24-16-5-1-2-6-17(16)26-18/h1-11H,(H,25,27). The zero-order chi connectivity index (χ0) is 18.8. The van der Waals surface area contributed by atoms with Gasteiger partial charge in [0, 0.05) is 17.4 Å². The highest BCUT2D eigenvalue weighted by Gasteiger charge is 2.13. The van der Waals surface area contributed by atoms with Crippen molar-refractivity contribution in [2.45, 2.75) is 0 Å². The van der Waals surface area contributed by atoms with E-state index < -0.39 is 0 Å². The minimum Gasteiger partial charge on any atom is -0.322 e. The Morgan fingerprint density at radius 2 is 1.74 bits per heavy atom. The number of nitrogens with one attached hydrogen (secondary N) is 1. The van der Waals surface area contributed by atoms with Crippen molar-refractivity contribution in [2.24, 2.45) is 0 Å². The Kier molecular flexibility index (Phi) is 4.71. The van der Waals surface area contributed by atoms with E-state index in [1.54, 1.807) is 36.5 Å². The number of fused-ring (bicyclic) bond motifs is 1. The van der Waals surface area contributed by atoms with Gasteiger partial charge in [0.05, 0.1) is 33.5 Å². The Hall–Kier alpha value is -3.02. The second kappa shape index (κ2) is 7.31. The minimum absolute atomic E-state index is 0.143. The average Bonchev–Trinajstić information content (AvgIpc) is 2.69. The van der Waals surface area contributed by atoms with Gasteiger partial charge in [0.15, 0.2) is 0 Å². The average molecular weight is 395 g/mol. The van der Waals surface area contributed by atoms with E-state index in [4.69, 9.17) is 23.2 Å². The number of para-hydroxylation sites is 2. The van der Waals surface area contributed by atoms with Crippen molar-refractivity contribution in [3.8, 4) is 11.3 Å². The Morgan fingerprint density at radius 3 is 2.56 bits per heavy atom. The molecule has 2 aromatic heterocycles. The van der Waals surface area contributed by atoms with Crippen molar-refractivity contribution in [3.63, 3.8) is 0 Å². The van der Waals surface area contributed by atoms with E-state index in [0.717, 1.165) is 11.0 Å². The minimum atomic E-state index is -0.356. The number of amides is 1. The van der Waals surface area contributed by atoms with Crippen LogP contribution in [0.5, 0.6) is 0 Å². The molecule has 0 radical (unpaired) electrons. The van der Waals surface area contributed by atoms with E-state index >= 15 is 0 Å². The number of pyridine rings is 1. The second-order valence-electron chi connectivity index (χ2n) is 5.73. The molecule has 0 aliphatic rings. The van der Waals surface area contributed by atoms with E-state index in [1.165, 1.54) is 6.20 Å². The summed E-state index contributed by atoms with van der Waals surface area (Å²) in [6.45, 7) is 0. The first kappa shape index (κ1) is 17.4. The lowest BCUT2D eigenvalue weighted by atomic mass is 10.1. The third kappa shape index (κ3) is 3.60. The monoisotopic (exact) mass is 394 g/mol. The maximum Gasteiger partial charge on any atom is 0.258 e. The van der Waals surface area contributed by atoms with Crippen LogP contribution >= 0.6 is 23.2 Å². The molecule has 1 amide bonds. The molecular weight excluding hydrogens is 383 g/mol. The predicted molar refractivity (Wildman–Crippen MR) is 107 cm³/mol. The molecule has 132 valence electrons. The van der Waals surface area contributed by atoms with Gasteiger partial charge in [-0.05, 0) is 42.5 Å². The molecule has 0 saturated heterocycles. The summed E-state index contributed by atoms with van der Waals surface area (Å²) in [6, 6.07) is 16.0. The summed E-state index contributed by atoms with van der Waals surface area (Å²) in [4.78, 5) is 25.4. The summed E-state index contributed by atoms with van der Waals surface area (Å²) in [7, 11) is 0. The number of rotatable bonds is 3. The molecule has 2 heterocycles. The van der Waals surface area contributed by atoms with E-state index in [0.29, 0.717) is 27.5 Å². The lowest BCUT2D eigenvalue weighted by molar-refractivity contribution is 0.102. The van der Waals surface area contributed by atoms with Crippen LogP contribution in [0, 0.1) is 0 Å². The Labute approximate surface area is 165 Å². The van der Waals surface area contributed by atoms with Crippen molar-refractivity contribution >= 4 is 45.8 Å². The van der Waals surface area contributed by atoms with Crippen LogP contribution in [0.25, 0.3) is 22.3 Å². The van der Waals surface area contributed by atoms with Crippen LogP contribution in [0.2, 0.25) is 10.2 Å². The molecular formula is C20H12Cl2N4O. The number of carbonyl (C=O) groups excluding carboxylic acids is 1. The molecule has 0 saturated carbocycles. The number of hydrogen-bond acceptors (Lipinski definition) is 4. The van der Waals surface area contributed by atoms with Gasteiger partial charge < -0.3 is 5.32 Å². The summed E-state index contributed by atoms with van der Waals surface area (Å²) in [6.07, 6.45) is 3.19. The smallest absolute Gasteiger partial charge is 0.258 e. The van der Waals surface area contributed by atoms with Crippen LogP contribution in [-0.2, 0) is 0 Å². The molecule has 0 spiro atoms. The van der Waals surface area contributed by atoms with E-state index in [1.807, 2.05) is 24.3 Å². The van der Waals surface area contributed by atoms with E-state index in [-0.39, 0.29) is 11.1 Å². The van der Waals surface area contributed by atoms with Gasteiger partial charge in [-0.15, -0.1) is 0 Å². The molecule has 5 nitrogen and oxygen atoms in total. The van der Waals surface area contributed by atoms with Crippen LogP contribution in [0.15, 0.2) is 67.0 Å². The van der Waals surface area contributed by atoms with Crippen LogP contribution in [0.1, 0.15) is 10.4 Å². The third-order valence-electron chi connectivity index (χ3n) is 3.95. The van der Waals surface area contributed by atoms with Crippen LogP contribution in [0.3, 0.4) is 0 Å². The third-order valence-corrected chi connectivity index (χ3v) is 4.58. The molecule has 0 aliphatic heterocycles. The number of carbonyl (C=O) groups is 1. The molecule has 0 fully saturated rings. The molecule has 0 aliphatic carbocycles. The Balaban J connectivity index is 1.68. The summed E-state index contributed by atoms with van der Waals surface area (Å²) in [5, 5.41) is 3.46.